The maximum Gasteiger partial charge on any atom is 0.188 e. The van der Waals surface area contributed by atoms with E-state index in [9.17, 15) is 0 Å². The number of rotatable bonds is 21. The van der Waals surface area contributed by atoms with Crippen LogP contribution in [0, 0.1) is 0 Å². The number of hydrogen-bond acceptors (Lipinski definition) is 4. The first kappa shape index (κ1) is 25.4. The molecule has 0 spiro atoms. The smallest absolute Gasteiger partial charge is 0.188 e. The monoisotopic (exact) mass is 372 g/mol. The van der Waals surface area contributed by atoms with Gasteiger partial charge in [0.1, 0.15) is 0 Å². The molecule has 0 N–H and O–H groups in total. The van der Waals surface area contributed by atoms with E-state index in [1.165, 1.54) is 44.9 Å². The molecule has 0 atom stereocenters. The summed E-state index contributed by atoms with van der Waals surface area (Å²) in [6.45, 7) is 8.85. The summed E-state index contributed by atoms with van der Waals surface area (Å²) in [5, 5.41) is 0. The first-order chi connectivity index (χ1) is 12.8. The second-order valence-corrected chi connectivity index (χ2v) is 6.66. The van der Waals surface area contributed by atoms with Crippen LogP contribution < -0.4 is 0 Å². The van der Waals surface area contributed by atoms with Gasteiger partial charge in [0.05, 0.1) is 12.9 Å². The Hall–Kier alpha value is -0.580. The average Bonchev–Trinajstić information content (AvgIpc) is 2.64. The Morgan fingerprint density at radius 3 is 2.04 bits per heavy atom. The van der Waals surface area contributed by atoms with Crippen molar-refractivity contribution in [3.63, 3.8) is 0 Å². The second kappa shape index (κ2) is 22.5. The van der Waals surface area contributed by atoms with Gasteiger partial charge < -0.3 is 18.9 Å². The first-order valence-electron chi connectivity index (χ1n) is 10.9. The predicted molar refractivity (Wildman–Crippen MR) is 109 cm³/mol. The van der Waals surface area contributed by atoms with Gasteiger partial charge >= 0.3 is 0 Å². The van der Waals surface area contributed by atoms with Crippen molar-refractivity contribution in [3.05, 3.63) is 12.3 Å². The maximum absolute atomic E-state index is 5.53. The molecule has 0 aliphatic rings. The number of ether oxygens (including phenoxy) is 4. The Morgan fingerprint density at radius 1 is 0.731 bits per heavy atom. The predicted octanol–water partition coefficient (Wildman–Crippen LogP) is 6.59. The van der Waals surface area contributed by atoms with Crippen LogP contribution >= 0.6 is 0 Å². The van der Waals surface area contributed by atoms with Gasteiger partial charge in [0, 0.05) is 13.2 Å². The summed E-state index contributed by atoms with van der Waals surface area (Å²) in [6, 6.07) is 0. The Labute approximate surface area is 162 Å². The van der Waals surface area contributed by atoms with Crippen LogP contribution in [0.15, 0.2) is 12.3 Å². The van der Waals surface area contributed by atoms with Crippen LogP contribution in [0.1, 0.15) is 97.8 Å². The molecule has 0 aliphatic heterocycles. The van der Waals surface area contributed by atoms with Crippen LogP contribution in [0.2, 0.25) is 0 Å². The van der Waals surface area contributed by atoms with Gasteiger partial charge in [0.2, 0.25) is 0 Å². The average molecular weight is 373 g/mol. The molecule has 0 rings (SSSR count). The van der Waals surface area contributed by atoms with E-state index in [0.29, 0.717) is 20.0 Å². The molecule has 0 heterocycles. The van der Waals surface area contributed by atoms with E-state index in [4.69, 9.17) is 18.9 Å². The molecule has 0 aromatic heterocycles. The summed E-state index contributed by atoms with van der Waals surface area (Å²) < 4.78 is 21.9. The van der Waals surface area contributed by atoms with Crippen molar-refractivity contribution in [1.29, 1.82) is 0 Å². The summed E-state index contributed by atoms with van der Waals surface area (Å²) in [5.74, 6) is 0. The molecule has 26 heavy (non-hydrogen) atoms. The normalized spacial score (nSPS) is 11.7. The van der Waals surface area contributed by atoms with Crippen LogP contribution in [0.5, 0.6) is 0 Å². The molecule has 0 saturated heterocycles. The van der Waals surface area contributed by atoms with E-state index >= 15 is 0 Å². The van der Waals surface area contributed by atoms with Gasteiger partial charge in [-0.3, -0.25) is 0 Å². The van der Waals surface area contributed by atoms with Crippen LogP contribution in [-0.4, -0.2) is 32.9 Å². The van der Waals surface area contributed by atoms with Gasteiger partial charge in [-0.1, -0.05) is 51.9 Å². The molecular weight excluding hydrogens is 328 g/mol. The summed E-state index contributed by atoms with van der Waals surface area (Å²) >= 11 is 0. The van der Waals surface area contributed by atoms with Crippen LogP contribution in [0.25, 0.3) is 0 Å². The topological polar surface area (TPSA) is 36.9 Å². The van der Waals surface area contributed by atoms with Gasteiger partial charge in [-0.05, 0) is 52.0 Å². The zero-order valence-electron chi connectivity index (χ0n) is 17.7. The zero-order chi connectivity index (χ0) is 19.1. The fourth-order valence-electron chi connectivity index (χ4n) is 2.78. The summed E-state index contributed by atoms with van der Waals surface area (Å²) in [6.07, 6.45) is 18.6. The van der Waals surface area contributed by atoms with Gasteiger partial charge in [0.15, 0.2) is 13.1 Å². The van der Waals surface area contributed by atoms with Gasteiger partial charge in [-0.25, -0.2) is 0 Å². The molecule has 0 amide bonds. The molecule has 0 saturated carbocycles. The minimum absolute atomic E-state index is 0.0463. The quantitative estimate of drug-likeness (QED) is 0.129. The Bertz CT molecular complexity index is 275. The lowest BCUT2D eigenvalue weighted by atomic mass is 10.1. The molecule has 0 aromatic rings. The summed E-state index contributed by atoms with van der Waals surface area (Å²) in [7, 11) is 0. The zero-order valence-corrected chi connectivity index (χ0v) is 17.7. The van der Waals surface area contributed by atoms with Crippen LogP contribution in [0.4, 0.5) is 0 Å². The minimum atomic E-state index is -0.0463. The molecule has 0 aliphatic carbocycles. The molecule has 0 fully saturated rings. The second-order valence-electron chi connectivity index (χ2n) is 6.66. The third-order valence-corrected chi connectivity index (χ3v) is 4.25. The highest BCUT2D eigenvalue weighted by Crippen LogP contribution is 2.09. The molecule has 4 nitrogen and oxygen atoms in total. The highest BCUT2D eigenvalue weighted by molar-refractivity contribution is 4.72. The summed E-state index contributed by atoms with van der Waals surface area (Å²) in [4.78, 5) is 0. The lowest BCUT2D eigenvalue weighted by Crippen LogP contribution is -2.17. The van der Waals surface area contributed by atoms with Gasteiger partial charge in [-0.2, -0.15) is 0 Å². The molecule has 0 bridgehead atoms. The van der Waals surface area contributed by atoms with E-state index < -0.39 is 0 Å². The number of hydrogen-bond donors (Lipinski definition) is 0. The lowest BCUT2D eigenvalue weighted by Gasteiger charge is -2.16. The Kier molecular flexibility index (Phi) is 22.0. The van der Waals surface area contributed by atoms with Crippen molar-refractivity contribution >= 4 is 0 Å². The molecule has 0 unspecified atom stereocenters. The fraction of sp³-hybridized carbons (Fsp3) is 0.909. The largest absolute Gasteiger partial charge is 0.475 e. The SMILES string of the molecule is CCCCCCCCCCOCOC=CCCCCC(OCC)OCC. The van der Waals surface area contributed by atoms with Gasteiger partial charge in [0.25, 0.3) is 0 Å². The highest BCUT2D eigenvalue weighted by atomic mass is 16.7. The standard InChI is InChI=1S/C22H44O4/c1-4-7-8-9-10-11-13-16-19-23-21-24-20-17-14-12-15-18-22(25-5-2)26-6-3/h17,20,22H,4-16,18-19,21H2,1-3H3. The Morgan fingerprint density at radius 2 is 1.38 bits per heavy atom. The van der Waals surface area contributed by atoms with Crippen LogP contribution in [-0.2, 0) is 18.9 Å². The third-order valence-electron chi connectivity index (χ3n) is 4.25. The van der Waals surface area contributed by atoms with Crippen molar-refractivity contribution < 1.29 is 18.9 Å². The van der Waals surface area contributed by atoms with E-state index in [-0.39, 0.29) is 6.29 Å². The summed E-state index contributed by atoms with van der Waals surface area (Å²) in [5.41, 5.74) is 0. The highest BCUT2D eigenvalue weighted by Gasteiger charge is 2.06. The van der Waals surface area contributed by atoms with E-state index in [2.05, 4.69) is 13.0 Å². The van der Waals surface area contributed by atoms with E-state index in [1.54, 1.807) is 6.26 Å². The van der Waals surface area contributed by atoms with Crippen molar-refractivity contribution in [2.24, 2.45) is 0 Å². The minimum Gasteiger partial charge on any atom is -0.475 e. The molecule has 4 heteroatoms. The maximum atomic E-state index is 5.53. The lowest BCUT2D eigenvalue weighted by molar-refractivity contribution is -0.140. The van der Waals surface area contributed by atoms with E-state index in [0.717, 1.165) is 38.7 Å². The molecule has 156 valence electrons. The van der Waals surface area contributed by atoms with E-state index in [1.807, 2.05) is 13.8 Å². The van der Waals surface area contributed by atoms with Crippen LogP contribution in [0.3, 0.4) is 0 Å². The number of allylic oxidation sites excluding steroid dienone is 1. The van der Waals surface area contributed by atoms with Crippen molar-refractivity contribution in [2.45, 2.75) is 104 Å². The molecule has 0 radical (unpaired) electrons. The number of unbranched alkanes of at least 4 members (excludes halogenated alkanes) is 9. The molecular formula is C22H44O4. The van der Waals surface area contributed by atoms with Crippen molar-refractivity contribution in [3.8, 4) is 0 Å². The third kappa shape index (κ3) is 19.7. The fourth-order valence-corrected chi connectivity index (χ4v) is 2.78. The molecule has 0 aromatic carbocycles. The van der Waals surface area contributed by atoms with Crippen molar-refractivity contribution in [2.75, 3.05) is 26.6 Å². The first-order valence-corrected chi connectivity index (χ1v) is 10.9. The van der Waals surface area contributed by atoms with Crippen molar-refractivity contribution in [1.82, 2.24) is 0 Å². The van der Waals surface area contributed by atoms with Gasteiger partial charge in [-0.15, -0.1) is 0 Å². The Balaban J connectivity index is 3.23.